The largest absolute Gasteiger partial charge is 0.463 e. The Kier molecular flexibility index (Phi) is 5.03. The number of carbonyl (C=O) groups is 3. The van der Waals surface area contributed by atoms with Crippen LogP contribution in [0, 0.1) is 0 Å². The predicted molar refractivity (Wildman–Crippen MR) is 74.3 cm³/mol. The molecule has 1 aromatic carbocycles. The number of amides is 1. The van der Waals surface area contributed by atoms with Crippen LogP contribution in [0.3, 0.4) is 0 Å². The molecule has 21 heavy (non-hydrogen) atoms. The summed E-state index contributed by atoms with van der Waals surface area (Å²) in [5.74, 6) is -1.84. The predicted octanol–water partition coefficient (Wildman–Crippen LogP) is 1.58. The standard InChI is InChI=1S/C13H11Cl2NO5/c14-7-1-2-8(9(15)5-7)12(18)16-6-11(17)21-10-3-4-20-13(10)19/h1-2,5,10H,3-4,6H2,(H,16,18)/t10-/m0/s1. The first-order valence-corrected chi connectivity index (χ1v) is 6.82. The summed E-state index contributed by atoms with van der Waals surface area (Å²) in [6, 6.07) is 4.37. The number of ether oxygens (including phenoxy) is 2. The summed E-state index contributed by atoms with van der Waals surface area (Å²) >= 11 is 11.6. The summed E-state index contributed by atoms with van der Waals surface area (Å²) in [5.41, 5.74) is 0.189. The third-order valence-electron chi connectivity index (χ3n) is 2.73. The summed E-state index contributed by atoms with van der Waals surface area (Å²) in [5, 5.41) is 2.93. The number of nitrogens with one attached hydrogen (secondary N) is 1. The van der Waals surface area contributed by atoms with Gasteiger partial charge in [-0.05, 0) is 18.2 Å². The number of hydrogen-bond acceptors (Lipinski definition) is 5. The monoisotopic (exact) mass is 331 g/mol. The second-order valence-electron chi connectivity index (χ2n) is 4.24. The Hall–Kier alpha value is -1.79. The summed E-state index contributed by atoms with van der Waals surface area (Å²) in [4.78, 5) is 34.5. The van der Waals surface area contributed by atoms with Gasteiger partial charge in [0, 0.05) is 11.4 Å². The zero-order valence-electron chi connectivity index (χ0n) is 10.7. The van der Waals surface area contributed by atoms with Crippen LogP contribution in [-0.4, -0.2) is 37.1 Å². The van der Waals surface area contributed by atoms with Gasteiger partial charge in [-0.1, -0.05) is 23.2 Å². The molecule has 1 atom stereocenters. The topological polar surface area (TPSA) is 81.7 Å². The molecule has 8 heteroatoms. The molecule has 6 nitrogen and oxygen atoms in total. The maximum atomic E-state index is 11.8. The molecule has 1 aromatic rings. The van der Waals surface area contributed by atoms with Crippen LogP contribution in [0.25, 0.3) is 0 Å². The molecule has 1 aliphatic heterocycles. The fourth-order valence-corrected chi connectivity index (χ4v) is 2.20. The van der Waals surface area contributed by atoms with Gasteiger partial charge in [0.15, 0.2) is 0 Å². The average molecular weight is 332 g/mol. The first-order valence-electron chi connectivity index (χ1n) is 6.07. The minimum atomic E-state index is -0.895. The Morgan fingerprint density at radius 3 is 2.76 bits per heavy atom. The summed E-state index contributed by atoms with van der Waals surface area (Å²) in [6.45, 7) is -0.148. The second-order valence-corrected chi connectivity index (χ2v) is 5.09. The minimum Gasteiger partial charge on any atom is -0.463 e. The smallest absolute Gasteiger partial charge is 0.347 e. The Labute approximate surface area is 130 Å². The van der Waals surface area contributed by atoms with Crippen LogP contribution in [0.15, 0.2) is 18.2 Å². The molecule has 0 aliphatic carbocycles. The number of halogens is 2. The second kappa shape index (κ2) is 6.78. The maximum Gasteiger partial charge on any atom is 0.347 e. The van der Waals surface area contributed by atoms with Gasteiger partial charge in [0.25, 0.3) is 5.91 Å². The van der Waals surface area contributed by atoms with Crippen molar-refractivity contribution in [3.8, 4) is 0 Å². The maximum absolute atomic E-state index is 11.8. The molecule has 1 saturated heterocycles. The average Bonchev–Trinajstić information content (AvgIpc) is 2.81. The van der Waals surface area contributed by atoms with E-state index in [2.05, 4.69) is 10.1 Å². The van der Waals surface area contributed by atoms with Crippen LogP contribution >= 0.6 is 23.2 Å². The van der Waals surface area contributed by atoms with Crippen molar-refractivity contribution in [3.63, 3.8) is 0 Å². The van der Waals surface area contributed by atoms with E-state index in [0.717, 1.165) is 0 Å². The quantitative estimate of drug-likeness (QED) is 0.847. The van der Waals surface area contributed by atoms with Gasteiger partial charge in [-0.2, -0.15) is 0 Å². The molecule has 1 N–H and O–H groups in total. The highest BCUT2D eigenvalue weighted by Crippen LogP contribution is 2.20. The van der Waals surface area contributed by atoms with Crippen molar-refractivity contribution in [3.05, 3.63) is 33.8 Å². The van der Waals surface area contributed by atoms with E-state index in [9.17, 15) is 14.4 Å². The fraction of sp³-hybridized carbons (Fsp3) is 0.308. The molecule has 1 fully saturated rings. The number of hydrogen-bond donors (Lipinski definition) is 1. The van der Waals surface area contributed by atoms with Crippen molar-refractivity contribution in [1.29, 1.82) is 0 Å². The van der Waals surface area contributed by atoms with E-state index in [1.165, 1.54) is 18.2 Å². The molecule has 2 rings (SSSR count). The first-order chi connectivity index (χ1) is 9.97. The molecule has 0 saturated carbocycles. The molecule has 1 amide bonds. The van der Waals surface area contributed by atoms with Gasteiger partial charge in [-0.15, -0.1) is 0 Å². The van der Waals surface area contributed by atoms with Crippen molar-refractivity contribution < 1.29 is 23.9 Å². The lowest BCUT2D eigenvalue weighted by molar-refractivity contribution is -0.159. The van der Waals surface area contributed by atoms with Crippen molar-refractivity contribution in [2.24, 2.45) is 0 Å². The highest BCUT2D eigenvalue weighted by Gasteiger charge is 2.30. The van der Waals surface area contributed by atoms with Crippen LogP contribution in [0.2, 0.25) is 10.0 Å². The summed E-state index contributed by atoms with van der Waals surface area (Å²) in [6.07, 6.45) is -0.574. The Balaban J connectivity index is 1.86. The van der Waals surface area contributed by atoms with Crippen molar-refractivity contribution in [2.75, 3.05) is 13.2 Å². The fourth-order valence-electron chi connectivity index (χ4n) is 1.71. The Morgan fingerprint density at radius 1 is 1.38 bits per heavy atom. The number of esters is 2. The molecule has 1 heterocycles. The van der Waals surface area contributed by atoms with E-state index in [1.807, 2.05) is 0 Å². The summed E-state index contributed by atoms with van der Waals surface area (Å²) in [7, 11) is 0. The van der Waals surface area contributed by atoms with Crippen molar-refractivity contribution in [2.45, 2.75) is 12.5 Å². The number of rotatable bonds is 4. The Bertz CT molecular complexity index is 590. The number of benzene rings is 1. The van der Waals surface area contributed by atoms with E-state index in [-0.39, 0.29) is 23.7 Å². The third kappa shape index (κ3) is 4.09. The highest BCUT2D eigenvalue weighted by atomic mass is 35.5. The van der Waals surface area contributed by atoms with Crippen LogP contribution in [-0.2, 0) is 19.1 Å². The van der Waals surface area contributed by atoms with Gasteiger partial charge < -0.3 is 14.8 Å². The summed E-state index contributed by atoms with van der Waals surface area (Å²) < 4.78 is 9.53. The lowest BCUT2D eigenvalue weighted by atomic mass is 10.2. The molecule has 0 unspecified atom stereocenters. The minimum absolute atomic E-state index is 0.174. The molecule has 0 spiro atoms. The van der Waals surface area contributed by atoms with Crippen LogP contribution in [0.1, 0.15) is 16.8 Å². The molecular weight excluding hydrogens is 321 g/mol. The number of carbonyl (C=O) groups excluding carboxylic acids is 3. The molecule has 0 bridgehead atoms. The molecule has 0 radical (unpaired) electrons. The molecule has 112 valence electrons. The van der Waals surface area contributed by atoms with Crippen LogP contribution in [0.5, 0.6) is 0 Å². The Morgan fingerprint density at radius 2 is 2.14 bits per heavy atom. The normalized spacial score (nSPS) is 17.2. The van der Waals surface area contributed by atoms with E-state index in [0.29, 0.717) is 11.4 Å². The number of cyclic esters (lactones) is 1. The lowest BCUT2D eigenvalue weighted by Gasteiger charge is -2.09. The van der Waals surface area contributed by atoms with E-state index >= 15 is 0 Å². The van der Waals surface area contributed by atoms with E-state index < -0.39 is 23.9 Å². The zero-order chi connectivity index (χ0) is 15.4. The van der Waals surface area contributed by atoms with Gasteiger partial charge in [0.05, 0.1) is 17.2 Å². The zero-order valence-corrected chi connectivity index (χ0v) is 12.2. The van der Waals surface area contributed by atoms with Gasteiger partial charge in [-0.25, -0.2) is 4.79 Å². The van der Waals surface area contributed by atoms with Gasteiger partial charge in [0.2, 0.25) is 6.10 Å². The molecule has 0 aromatic heterocycles. The SMILES string of the molecule is O=C(CNC(=O)c1ccc(Cl)cc1Cl)O[C@H]1CCOC1=O. The van der Waals surface area contributed by atoms with Gasteiger partial charge in [-0.3, -0.25) is 9.59 Å². The van der Waals surface area contributed by atoms with Crippen molar-refractivity contribution >= 4 is 41.0 Å². The van der Waals surface area contributed by atoms with E-state index in [4.69, 9.17) is 27.9 Å². The van der Waals surface area contributed by atoms with Gasteiger partial charge >= 0.3 is 11.9 Å². The molecular formula is C13H11Cl2NO5. The van der Waals surface area contributed by atoms with E-state index in [1.54, 1.807) is 0 Å². The first kappa shape index (κ1) is 15.6. The van der Waals surface area contributed by atoms with Crippen molar-refractivity contribution in [1.82, 2.24) is 5.32 Å². The van der Waals surface area contributed by atoms with Crippen LogP contribution in [0.4, 0.5) is 0 Å². The molecule has 1 aliphatic rings. The highest BCUT2D eigenvalue weighted by molar-refractivity contribution is 6.36. The lowest BCUT2D eigenvalue weighted by Crippen LogP contribution is -2.33. The third-order valence-corrected chi connectivity index (χ3v) is 3.28. The van der Waals surface area contributed by atoms with Gasteiger partial charge in [0.1, 0.15) is 6.54 Å². The van der Waals surface area contributed by atoms with Crippen LogP contribution < -0.4 is 5.32 Å².